The van der Waals surface area contributed by atoms with E-state index in [1.54, 1.807) is 0 Å². The Hall–Kier alpha value is -1.04. The number of rotatable bonds is 1. The molecule has 0 spiro atoms. The minimum absolute atomic E-state index is 0.0651. The summed E-state index contributed by atoms with van der Waals surface area (Å²) >= 11 is 0. The van der Waals surface area contributed by atoms with Crippen molar-refractivity contribution in [3.05, 3.63) is 11.6 Å². The molecular formula is C13H19F3N2O. The molecule has 2 heterocycles. The normalized spacial score (nSPS) is 29.1. The molecule has 0 aromatic carbocycles. The Morgan fingerprint density at radius 3 is 2.74 bits per heavy atom. The van der Waals surface area contributed by atoms with E-state index in [4.69, 9.17) is 0 Å². The number of carbonyl (C=O) groups is 1. The smallest absolute Gasteiger partial charge is 0.337 e. The highest BCUT2D eigenvalue weighted by Gasteiger charge is 2.37. The van der Waals surface area contributed by atoms with Gasteiger partial charge in [0, 0.05) is 18.7 Å². The second-order valence-electron chi connectivity index (χ2n) is 5.31. The van der Waals surface area contributed by atoms with E-state index in [0.29, 0.717) is 0 Å². The van der Waals surface area contributed by atoms with Crippen LogP contribution in [0.15, 0.2) is 11.6 Å². The van der Waals surface area contributed by atoms with E-state index in [1.807, 2.05) is 6.92 Å². The third kappa shape index (κ3) is 3.29. The first-order valence-electron chi connectivity index (χ1n) is 6.68. The summed E-state index contributed by atoms with van der Waals surface area (Å²) in [6.07, 6.45) is -1.19. The van der Waals surface area contributed by atoms with Gasteiger partial charge in [0.05, 0.1) is 6.04 Å². The number of halogens is 3. The van der Waals surface area contributed by atoms with E-state index in [9.17, 15) is 18.0 Å². The Labute approximate surface area is 110 Å². The van der Waals surface area contributed by atoms with Gasteiger partial charge in [0.1, 0.15) is 0 Å². The minimum Gasteiger partial charge on any atom is -0.337 e. The van der Waals surface area contributed by atoms with Crippen molar-refractivity contribution in [1.29, 1.82) is 0 Å². The van der Waals surface area contributed by atoms with Crippen LogP contribution in [0.3, 0.4) is 0 Å². The molecule has 1 saturated heterocycles. The predicted octanol–water partition coefficient (Wildman–Crippen LogP) is 2.10. The number of hydrogen-bond donors (Lipinski definition) is 1. The van der Waals surface area contributed by atoms with Crippen molar-refractivity contribution < 1.29 is 18.0 Å². The van der Waals surface area contributed by atoms with Crippen LogP contribution >= 0.6 is 0 Å². The molecule has 2 aliphatic rings. The van der Waals surface area contributed by atoms with Crippen LogP contribution in [0.2, 0.25) is 0 Å². The third-order valence-corrected chi connectivity index (χ3v) is 3.92. The summed E-state index contributed by atoms with van der Waals surface area (Å²) in [5.74, 6) is 0.180. The van der Waals surface area contributed by atoms with Crippen LogP contribution in [0.4, 0.5) is 13.2 Å². The Morgan fingerprint density at radius 2 is 2.21 bits per heavy atom. The first-order valence-corrected chi connectivity index (χ1v) is 6.68. The van der Waals surface area contributed by atoms with Gasteiger partial charge in [-0.25, -0.2) is 0 Å². The van der Waals surface area contributed by atoms with Crippen LogP contribution in [0.1, 0.15) is 26.2 Å². The number of amides is 1. The zero-order valence-corrected chi connectivity index (χ0v) is 11.0. The highest BCUT2D eigenvalue weighted by Crippen LogP contribution is 2.30. The van der Waals surface area contributed by atoms with Crippen molar-refractivity contribution in [3.63, 3.8) is 0 Å². The van der Waals surface area contributed by atoms with Crippen LogP contribution in [-0.2, 0) is 4.79 Å². The van der Waals surface area contributed by atoms with Gasteiger partial charge in [0.25, 0.3) is 0 Å². The zero-order valence-electron chi connectivity index (χ0n) is 11.0. The number of alkyl halides is 3. The molecule has 0 aliphatic carbocycles. The molecule has 6 heteroatoms. The zero-order chi connectivity index (χ0) is 14.0. The molecule has 1 fully saturated rings. The molecule has 0 radical (unpaired) electrons. The summed E-state index contributed by atoms with van der Waals surface area (Å²) in [7, 11) is 0. The number of nitrogens with zero attached hydrogens (tertiary/aromatic N) is 1. The van der Waals surface area contributed by atoms with Gasteiger partial charge in [-0.3, -0.25) is 4.79 Å². The molecule has 0 bridgehead atoms. The Balaban J connectivity index is 1.97. The van der Waals surface area contributed by atoms with Crippen molar-refractivity contribution in [2.75, 3.05) is 19.6 Å². The van der Waals surface area contributed by atoms with E-state index in [-0.39, 0.29) is 37.4 Å². The molecule has 0 aromatic rings. The van der Waals surface area contributed by atoms with Gasteiger partial charge < -0.3 is 10.2 Å². The van der Waals surface area contributed by atoms with Crippen LogP contribution in [0.5, 0.6) is 0 Å². The average molecular weight is 276 g/mol. The van der Waals surface area contributed by atoms with E-state index in [0.717, 1.165) is 25.5 Å². The molecule has 19 heavy (non-hydrogen) atoms. The van der Waals surface area contributed by atoms with Crippen LogP contribution in [0.25, 0.3) is 0 Å². The monoisotopic (exact) mass is 276 g/mol. The summed E-state index contributed by atoms with van der Waals surface area (Å²) in [4.78, 5) is 13.8. The summed E-state index contributed by atoms with van der Waals surface area (Å²) in [5, 5.41) is 3.17. The van der Waals surface area contributed by atoms with Crippen molar-refractivity contribution in [2.24, 2.45) is 5.92 Å². The quantitative estimate of drug-likeness (QED) is 0.744. The molecular weight excluding hydrogens is 257 g/mol. The van der Waals surface area contributed by atoms with Gasteiger partial charge >= 0.3 is 6.18 Å². The fourth-order valence-electron chi connectivity index (χ4n) is 2.70. The minimum atomic E-state index is -4.26. The SMILES string of the molecule is CC1CCCNC1C(=O)N1CC=C(C(F)(F)F)CC1. The van der Waals surface area contributed by atoms with Crippen LogP contribution < -0.4 is 5.32 Å². The lowest BCUT2D eigenvalue weighted by Crippen LogP contribution is -2.53. The predicted molar refractivity (Wildman–Crippen MR) is 65.5 cm³/mol. The van der Waals surface area contributed by atoms with Gasteiger partial charge in [0.2, 0.25) is 5.91 Å². The lowest BCUT2D eigenvalue weighted by Gasteiger charge is -2.35. The average Bonchev–Trinajstić information content (AvgIpc) is 2.38. The van der Waals surface area contributed by atoms with Crippen LogP contribution in [0, 0.1) is 5.92 Å². The number of hydrogen-bond acceptors (Lipinski definition) is 2. The van der Waals surface area contributed by atoms with Crippen molar-refractivity contribution in [1.82, 2.24) is 10.2 Å². The molecule has 3 nitrogen and oxygen atoms in total. The van der Waals surface area contributed by atoms with Gasteiger partial charge in [-0.2, -0.15) is 13.2 Å². The Morgan fingerprint density at radius 1 is 1.47 bits per heavy atom. The maximum absolute atomic E-state index is 12.5. The molecule has 1 N–H and O–H groups in total. The highest BCUT2D eigenvalue weighted by molar-refractivity contribution is 5.82. The molecule has 108 valence electrons. The summed E-state index contributed by atoms with van der Waals surface area (Å²) in [6, 6.07) is -0.241. The molecule has 2 rings (SSSR count). The van der Waals surface area contributed by atoms with E-state index in [1.165, 1.54) is 4.90 Å². The van der Waals surface area contributed by atoms with E-state index in [2.05, 4.69) is 5.32 Å². The fraction of sp³-hybridized carbons (Fsp3) is 0.769. The second-order valence-corrected chi connectivity index (χ2v) is 5.31. The molecule has 2 atom stereocenters. The molecule has 1 amide bonds. The first kappa shape index (κ1) is 14.4. The summed E-state index contributed by atoms with van der Waals surface area (Å²) in [5.41, 5.74) is -0.513. The van der Waals surface area contributed by atoms with Crippen molar-refractivity contribution in [2.45, 2.75) is 38.4 Å². The van der Waals surface area contributed by atoms with E-state index < -0.39 is 11.7 Å². The summed E-state index contributed by atoms with van der Waals surface area (Å²) in [6.45, 7) is 3.04. The summed E-state index contributed by atoms with van der Waals surface area (Å²) < 4.78 is 37.5. The van der Waals surface area contributed by atoms with Crippen molar-refractivity contribution in [3.8, 4) is 0 Å². The molecule has 2 aliphatic heterocycles. The standard InChI is InChI=1S/C13H19F3N2O/c1-9-3-2-6-17-11(9)12(19)18-7-4-10(5-8-18)13(14,15)16/h4,9,11,17H,2-3,5-8H2,1H3. The number of nitrogens with one attached hydrogen (secondary N) is 1. The lowest BCUT2D eigenvalue weighted by molar-refractivity contribution is -0.136. The molecule has 0 aromatic heterocycles. The highest BCUT2D eigenvalue weighted by atomic mass is 19.4. The second kappa shape index (κ2) is 5.53. The third-order valence-electron chi connectivity index (χ3n) is 3.92. The van der Waals surface area contributed by atoms with Crippen molar-refractivity contribution >= 4 is 5.91 Å². The van der Waals surface area contributed by atoms with Gasteiger partial charge in [0.15, 0.2) is 0 Å². The van der Waals surface area contributed by atoms with E-state index >= 15 is 0 Å². The first-order chi connectivity index (χ1) is 8.89. The maximum atomic E-state index is 12.5. The Bertz CT molecular complexity index is 379. The molecule has 0 saturated carbocycles. The fourth-order valence-corrected chi connectivity index (χ4v) is 2.70. The lowest BCUT2D eigenvalue weighted by atomic mass is 9.91. The van der Waals surface area contributed by atoms with Gasteiger partial charge in [-0.05, 0) is 31.7 Å². The van der Waals surface area contributed by atoms with Gasteiger partial charge in [-0.1, -0.05) is 13.0 Å². The Kier molecular flexibility index (Phi) is 4.18. The topological polar surface area (TPSA) is 32.3 Å². The number of carbonyl (C=O) groups excluding carboxylic acids is 1. The largest absolute Gasteiger partial charge is 0.412 e. The van der Waals surface area contributed by atoms with Crippen LogP contribution in [-0.4, -0.2) is 42.7 Å². The maximum Gasteiger partial charge on any atom is 0.412 e. The molecule has 2 unspecified atom stereocenters. The van der Waals surface area contributed by atoms with Gasteiger partial charge in [-0.15, -0.1) is 0 Å². The number of piperidine rings is 1.